The third-order valence-electron chi connectivity index (χ3n) is 5.20. The number of halogens is 2. The highest BCUT2D eigenvalue weighted by Crippen LogP contribution is 2.34. The van der Waals surface area contributed by atoms with Gasteiger partial charge >= 0.3 is 0 Å². The number of carbonyl (C=O) groups excluding carboxylic acids is 2. The summed E-state index contributed by atoms with van der Waals surface area (Å²) in [4.78, 5) is 30.9. The summed E-state index contributed by atoms with van der Waals surface area (Å²) in [5, 5.41) is 0.732. The van der Waals surface area contributed by atoms with Crippen LogP contribution in [0.5, 0.6) is 5.75 Å². The lowest BCUT2D eigenvalue weighted by Gasteiger charge is -2.36. The van der Waals surface area contributed by atoms with E-state index in [0.717, 1.165) is 29.1 Å². The minimum absolute atomic E-state index is 0.0357. The van der Waals surface area contributed by atoms with Crippen molar-refractivity contribution < 1.29 is 14.3 Å². The van der Waals surface area contributed by atoms with E-state index in [9.17, 15) is 9.59 Å². The topological polar surface area (TPSA) is 53.1 Å². The van der Waals surface area contributed by atoms with Crippen molar-refractivity contribution in [1.82, 2.24) is 9.80 Å². The minimum Gasteiger partial charge on any atom is -0.482 e. The number of hydrogen-bond acceptors (Lipinski definition) is 4. The zero-order valence-corrected chi connectivity index (χ0v) is 18.2. The number of fused-ring (bicyclic) bond motifs is 1. The first-order valence-electron chi connectivity index (χ1n) is 9.47. The molecule has 2 amide bonds. The lowest BCUT2D eigenvalue weighted by molar-refractivity contribution is -0.133. The normalized spacial score (nSPS) is 17.1. The predicted molar refractivity (Wildman–Crippen MR) is 115 cm³/mol. The zero-order chi connectivity index (χ0) is 20.4. The van der Waals surface area contributed by atoms with Gasteiger partial charge in [-0.3, -0.25) is 19.4 Å². The molecule has 2 heterocycles. The summed E-state index contributed by atoms with van der Waals surface area (Å²) in [5.41, 5.74) is 1.84. The molecule has 0 aliphatic carbocycles. The van der Waals surface area contributed by atoms with Gasteiger partial charge in [-0.25, -0.2) is 0 Å². The Morgan fingerprint density at radius 1 is 1.07 bits per heavy atom. The van der Waals surface area contributed by atoms with Crippen LogP contribution in [0.3, 0.4) is 0 Å². The molecule has 0 aromatic heterocycles. The average molecular weight is 479 g/mol. The number of piperazine rings is 1. The summed E-state index contributed by atoms with van der Waals surface area (Å²) < 4.78 is 6.36. The van der Waals surface area contributed by atoms with Crippen molar-refractivity contribution in [3.8, 4) is 5.75 Å². The van der Waals surface area contributed by atoms with Crippen LogP contribution in [-0.4, -0.2) is 60.9 Å². The molecular formula is C21H21BrClN3O3. The van der Waals surface area contributed by atoms with E-state index in [4.69, 9.17) is 16.3 Å². The molecule has 2 aliphatic heterocycles. The summed E-state index contributed by atoms with van der Waals surface area (Å²) >= 11 is 9.34. The van der Waals surface area contributed by atoms with E-state index in [1.807, 2.05) is 41.3 Å². The fourth-order valence-electron chi connectivity index (χ4n) is 3.59. The van der Waals surface area contributed by atoms with Gasteiger partial charge in [0.15, 0.2) is 6.61 Å². The number of hydrogen-bond donors (Lipinski definition) is 0. The van der Waals surface area contributed by atoms with Crippen LogP contribution < -0.4 is 9.64 Å². The molecule has 0 radical (unpaired) electrons. The Labute approximate surface area is 183 Å². The van der Waals surface area contributed by atoms with Crippen LogP contribution in [0, 0.1) is 0 Å². The second-order valence-corrected chi connectivity index (χ2v) is 8.52. The van der Waals surface area contributed by atoms with Gasteiger partial charge < -0.3 is 9.64 Å². The van der Waals surface area contributed by atoms with E-state index < -0.39 is 0 Å². The summed E-state index contributed by atoms with van der Waals surface area (Å²) in [6, 6.07) is 13.3. The minimum atomic E-state index is -0.199. The standard InChI is InChI=1S/C21H21BrClN3O3/c22-16-3-6-18-19(11-16)29-14-21(28)26(18)13-20(27)25-9-7-24(8-10-25)12-15-1-4-17(23)5-2-15/h1-6,11H,7-10,12-14H2. The van der Waals surface area contributed by atoms with Crippen LogP contribution >= 0.6 is 27.5 Å². The van der Waals surface area contributed by atoms with Gasteiger partial charge in [0.25, 0.3) is 5.91 Å². The Balaban J connectivity index is 1.34. The number of anilines is 1. The molecule has 1 fully saturated rings. The van der Waals surface area contributed by atoms with Crippen molar-refractivity contribution in [3.63, 3.8) is 0 Å². The van der Waals surface area contributed by atoms with E-state index in [1.54, 1.807) is 6.07 Å². The summed E-state index contributed by atoms with van der Waals surface area (Å²) in [6.45, 7) is 3.73. The number of ether oxygens (including phenoxy) is 1. The Morgan fingerprint density at radius 3 is 2.52 bits per heavy atom. The van der Waals surface area contributed by atoms with Crippen LogP contribution in [0.2, 0.25) is 5.02 Å². The highest BCUT2D eigenvalue weighted by molar-refractivity contribution is 9.10. The maximum Gasteiger partial charge on any atom is 0.265 e. The molecule has 0 unspecified atom stereocenters. The molecule has 0 atom stereocenters. The third-order valence-corrected chi connectivity index (χ3v) is 5.95. The van der Waals surface area contributed by atoms with Gasteiger partial charge in [-0.1, -0.05) is 39.7 Å². The molecular weight excluding hydrogens is 458 g/mol. The fourth-order valence-corrected chi connectivity index (χ4v) is 4.06. The van der Waals surface area contributed by atoms with Crippen molar-refractivity contribution in [2.45, 2.75) is 6.54 Å². The van der Waals surface area contributed by atoms with Gasteiger partial charge in [0.2, 0.25) is 5.91 Å². The van der Waals surface area contributed by atoms with Crippen LogP contribution in [0.4, 0.5) is 5.69 Å². The summed E-state index contributed by atoms with van der Waals surface area (Å²) in [6.07, 6.45) is 0. The molecule has 0 bridgehead atoms. The number of carbonyl (C=O) groups is 2. The molecule has 2 aromatic carbocycles. The zero-order valence-electron chi connectivity index (χ0n) is 15.8. The predicted octanol–water partition coefficient (Wildman–Crippen LogP) is 3.17. The molecule has 1 saturated heterocycles. The second kappa shape index (κ2) is 8.73. The first kappa shape index (κ1) is 20.2. The van der Waals surface area contributed by atoms with Crippen molar-refractivity contribution >= 4 is 45.0 Å². The Morgan fingerprint density at radius 2 is 1.79 bits per heavy atom. The van der Waals surface area contributed by atoms with Crippen LogP contribution in [-0.2, 0) is 16.1 Å². The first-order valence-corrected chi connectivity index (χ1v) is 10.6. The van der Waals surface area contributed by atoms with E-state index in [-0.39, 0.29) is 25.0 Å². The van der Waals surface area contributed by atoms with E-state index in [1.165, 1.54) is 10.5 Å². The number of nitrogens with zero attached hydrogens (tertiary/aromatic N) is 3. The second-order valence-electron chi connectivity index (χ2n) is 7.16. The van der Waals surface area contributed by atoms with E-state index >= 15 is 0 Å². The Kier molecular flexibility index (Phi) is 6.08. The fraction of sp³-hybridized carbons (Fsp3) is 0.333. The molecule has 4 rings (SSSR count). The molecule has 0 saturated carbocycles. The third kappa shape index (κ3) is 4.74. The number of benzene rings is 2. The van der Waals surface area contributed by atoms with Crippen LogP contribution in [0.25, 0.3) is 0 Å². The van der Waals surface area contributed by atoms with Gasteiger partial charge in [-0.15, -0.1) is 0 Å². The van der Waals surface area contributed by atoms with Gasteiger partial charge in [0.05, 0.1) is 5.69 Å². The van der Waals surface area contributed by atoms with Gasteiger partial charge in [-0.05, 0) is 35.9 Å². The van der Waals surface area contributed by atoms with Crippen molar-refractivity contribution in [1.29, 1.82) is 0 Å². The molecule has 152 valence electrons. The van der Waals surface area contributed by atoms with Crippen molar-refractivity contribution in [2.75, 3.05) is 44.2 Å². The molecule has 2 aromatic rings. The van der Waals surface area contributed by atoms with Crippen molar-refractivity contribution in [2.24, 2.45) is 0 Å². The maximum absolute atomic E-state index is 12.8. The Hall–Kier alpha value is -2.09. The van der Waals surface area contributed by atoms with Gasteiger partial charge in [0.1, 0.15) is 12.3 Å². The molecule has 8 heteroatoms. The Bertz CT molecular complexity index is 914. The average Bonchev–Trinajstić information content (AvgIpc) is 2.72. The quantitative estimate of drug-likeness (QED) is 0.677. The number of amides is 2. The number of rotatable bonds is 4. The molecule has 29 heavy (non-hydrogen) atoms. The highest BCUT2D eigenvalue weighted by Gasteiger charge is 2.30. The SMILES string of the molecule is O=C(CN1C(=O)COc2cc(Br)ccc21)N1CCN(Cc2ccc(Cl)cc2)CC1. The van der Waals surface area contributed by atoms with Crippen LogP contribution in [0.1, 0.15) is 5.56 Å². The highest BCUT2D eigenvalue weighted by atomic mass is 79.9. The monoisotopic (exact) mass is 477 g/mol. The molecule has 2 aliphatic rings. The lowest BCUT2D eigenvalue weighted by Crippen LogP contribution is -2.52. The lowest BCUT2D eigenvalue weighted by atomic mass is 10.2. The summed E-state index contributed by atoms with van der Waals surface area (Å²) in [7, 11) is 0. The molecule has 0 N–H and O–H groups in total. The van der Waals surface area contributed by atoms with Gasteiger partial charge in [0, 0.05) is 42.2 Å². The van der Waals surface area contributed by atoms with E-state index in [2.05, 4.69) is 20.8 Å². The molecule has 6 nitrogen and oxygen atoms in total. The largest absolute Gasteiger partial charge is 0.482 e. The maximum atomic E-state index is 12.8. The van der Waals surface area contributed by atoms with E-state index in [0.29, 0.717) is 24.5 Å². The van der Waals surface area contributed by atoms with Crippen LogP contribution in [0.15, 0.2) is 46.9 Å². The first-order chi connectivity index (χ1) is 14.0. The molecule has 0 spiro atoms. The summed E-state index contributed by atoms with van der Waals surface area (Å²) in [5.74, 6) is 0.370. The van der Waals surface area contributed by atoms with Gasteiger partial charge in [-0.2, -0.15) is 0 Å². The van der Waals surface area contributed by atoms with Crippen molar-refractivity contribution in [3.05, 3.63) is 57.5 Å². The smallest absolute Gasteiger partial charge is 0.265 e.